The molecule has 0 aliphatic heterocycles. The van der Waals surface area contributed by atoms with Crippen LogP contribution < -0.4 is 0 Å². The minimum absolute atomic E-state index is 0.146. The number of hydrogen-bond acceptors (Lipinski definition) is 9. The third-order valence-corrected chi connectivity index (χ3v) is 10.6. The maximum Gasteiger partial charge on any atom is 0.306 e. The average molecular weight is 834 g/mol. The van der Waals surface area contributed by atoms with Crippen LogP contribution in [-0.2, 0) is 38.1 Å². The van der Waals surface area contributed by atoms with Crippen LogP contribution in [-0.4, -0.2) is 75.3 Å². The summed E-state index contributed by atoms with van der Waals surface area (Å²) in [5.41, 5.74) is 0. The van der Waals surface area contributed by atoms with Crippen LogP contribution >= 0.6 is 0 Å². The Morgan fingerprint density at radius 1 is 0.441 bits per heavy atom. The van der Waals surface area contributed by atoms with Crippen molar-refractivity contribution < 1.29 is 38.1 Å². The van der Waals surface area contributed by atoms with Crippen LogP contribution in [0.15, 0.2) is 24.3 Å². The van der Waals surface area contributed by atoms with E-state index < -0.39 is 18.0 Å². The number of carbonyl (C=O) groups is 4. The van der Waals surface area contributed by atoms with Crippen LogP contribution in [0.4, 0.5) is 0 Å². The summed E-state index contributed by atoms with van der Waals surface area (Å²) < 4.78 is 22.2. The molecular formula is C50H91NO8. The second-order valence-electron chi connectivity index (χ2n) is 16.9. The van der Waals surface area contributed by atoms with Gasteiger partial charge in [-0.05, 0) is 97.2 Å². The van der Waals surface area contributed by atoms with Crippen LogP contribution in [0.25, 0.3) is 0 Å². The molecule has 0 aromatic carbocycles. The molecule has 0 saturated carbocycles. The number of carbonyl (C=O) groups excluding carboxylic acids is 4. The Kier molecular flexibility index (Phi) is 41.4. The minimum Gasteiger partial charge on any atom is -0.465 e. The predicted octanol–water partition coefficient (Wildman–Crippen LogP) is 13.0. The second-order valence-corrected chi connectivity index (χ2v) is 16.9. The molecule has 9 nitrogen and oxygen atoms in total. The largest absolute Gasteiger partial charge is 0.465 e. The zero-order chi connectivity index (χ0) is 43.4. The molecule has 59 heavy (non-hydrogen) atoms. The number of nitrogens with zero attached hydrogens (tertiary/aromatic N) is 1. The van der Waals surface area contributed by atoms with Crippen molar-refractivity contribution in [3.05, 3.63) is 24.3 Å². The fourth-order valence-corrected chi connectivity index (χ4v) is 6.88. The summed E-state index contributed by atoms with van der Waals surface area (Å²) in [4.78, 5) is 52.1. The second kappa shape index (κ2) is 43.4. The van der Waals surface area contributed by atoms with Crippen LogP contribution in [0.3, 0.4) is 0 Å². The van der Waals surface area contributed by atoms with Gasteiger partial charge in [-0.15, -0.1) is 0 Å². The van der Waals surface area contributed by atoms with Crippen molar-refractivity contribution in [2.45, 2.75) is 226 Å². The van der Waals surface area contributed by atoms with Crippen molar-refractivity contribution in [1.82, 2.24) is 4.90 Å². The summed E-state index contributed by atoms with van der Waals surface area (Å²) in [5.74, 6) is -0.867. The molecule has 0 spiro atoms. The van der Waals surface area contributed by atoms with Gasteiger partial charge in [-0.25, -0.2) is 0 Å². The minimum atomic E-state index is -0.856. The molecule has 0 aliphatic carbocycles. The molecule has 0 N–H and O–H groups in total. The Morgan fingerprint density at radius 2 is 0.831 bits per heavy atom. The van der Waals surface area contributed by atoms with Gasteiger partial charge < -0.3 is 23.8 Å². The molecular weight excluding hydrogens is 743 g/mol. The Hall–Kier alpha value is -2.68. The summed E-state index contributed by atoms with van der Waals surface area (Å²) in [7, 11) is 3.88. The molecule has 344 valence electrons. The summed E-state index contributed by atoms with van der Waals surface area (Å²) in [5, 5.41) is 0. The van der Waals surface area contributed by atoms with Gasteiger partial charge >= 0.3 is 23.9 Å². The lowest BCUT2D eigenvalue weighted by Crippen LogP contribution is -2.31. The first-order valence-corrected chi connectivity index (χ1v) is 24.3. The van der Waals surface area contributed by atoms with Gasteiger partial charge in [0.05, 0.1) is 6.61 Å². The van der Waals surface area contributed by atoms with E-state index in [1.807, 2.05) is 19.0 Å². The van der Waals surface area contributed by atoms with Gasteiger partial charge in [0.25, 0.3) is 0 Å². The van der Waals surface area contributed by atoms with E-state index >= 15 is 0 Å². The standard InChI is InChI=1S/C50H91NO8/c1-6-9-12-15-17-18-19-20-21-22-23-24-25-27-31-37-48(53)57-43-46(59-50(55)40-34-41-51(4)5)44-58-49(54)39-33-28-32-38-47(52)56-42-45(35-29-14-11-8-3)36-30-26-16-13-10-7-2/h17-18,20-21,45-46H,6-16,19,22-44H2,1-5H3/b18-17+,21-20+. The van der Waals surface area contributed by atoms with E-state index in [4.69, 9.17) is 18.9 Å². The van der Waals surface area contributed by atoms with Crippen molar-refractivity contribution in [2.75, 3.05) is 40.5 Å². The van der Waals surface area contributed by atoms with Gasteiger partial charge in [-0.3, -0.25) is 19.2 Å². The first kappa shape index (κ1) is 56.3. The van der Waals surface area contributed by atoms with Crippen molar-refractivity contribution >= 4 is 23.9 Å². The molecule has 2 unspecified atom stereocenters. The molecule has 0 amide bonds. The highest BCUT2D eigenvalue weighted by Gasteiger charge is 2.20. The highest BCUT2D eigenvalue weighted by atomic mass is 16.6. The molecule has 0 fully saturated rings. The molecule has 0 radical (unpaired) electrons. The monoisotopic (exact) mass is 834 g/mol. The van der Waals surface area contributed by atoms with E-state index in [1.165, 1.54) is 89.9 Å². The van der Waals surface area contributed by atoms with Gasteiger partial charge in [0, 0.05) is 25.7 Å². The summed E-state index contributed by atoms with van der Waals surface area (Å²) >= 11 is 0. The van der Waals surface area contributed by atoms with Crippen LogP contribution in [0.5, 0.6) is 0 Å². The maximum absolute atomic E-state index is 12.6. The van der Waals surface area contributed by atoms with E-state index in [-0.39, 0.29) is 38.0 Å². The summed E-state index contributed by atoms with van der Waals surface area (Å²) in [6.45, 7) is 7.64. The first-order chi connectivity index (χ1) is 28.7. The van der Waals surface area contributed by atoms with E-state index in [9.17, 15) is 19.2 Å². The fourth-order valence-electron chi connectivity index (χ4n) is 6.88. The lowest BCUT2D eigenvalue weighted by molar-refractivity contribution is -0.167. The Bertz CT molecular complexity index is 1060. The zero-order valence-corrected chi connectivity index (χ0v) is 38.9. The molecule has 0 aromatic heterocycles. The number of hydrogen-bond donors (Lipinski definition) is 0. The Balaban J connectivity index is 4.45. The van der Waals surface area contributed by atoms with E-state index in [0.29, 0.717) is 51.0 Å². The van der Waals surface area contributed by atoms with Crippen molar-refractivity contribution in [1.29, 1.82) is 0 Å². The van der Waals surface area contributed by atoms with Gasteiger partial charge in [-0.1, -0.05) is 148 Å². The summed E-state index contributed by atoms with van der Waals surface area (Å²) in [6, 6.07) is 0. The molecule has 0 bridgehead atoms. The fraction of sp³-hybridized carbons (Fsp3) is 0.840. The third kappa shape index (κ3) is 41.8. The Morgan fingerprint density at radius 3 is 1.36 bits per heavy atom. The molecule has 0 heterocycles. The number of ether oxygens (including phenoxy) is 4. The van der Waals surface area contributed by atoms with Crippen molar-refractivity contribution in [3.63, 3.8) is 0 Å². The Labute approximate surface area is 362 Å². The predicted molar refractivity (Wildman–Crippen MR) is 243 cm³/mol. The lowest BCUT2D eigenvalue weighted by atomic mass is 9.95. The third-order valence-electron chi connectivity index (χ3n) is 10.6. The van der Waals surface area contributed by atoms with Crippen molar-refractivity contribution in [2.24, 2.45) is 5.92 Å². The van der Waals surface area contributed by atoms with Gasteiger partial charge in [0.1, 0.15) is 13.2 Å². The number of allylic oxidation sites excluding steroid dienone is 4. The SMILES string of the molecule is CCCCC/C=C/C/C=C/CCCCCCCC(=O)OCC(COC(=O)CCCCCC(=O)OCC(CCCCCC)CCCCCCCC)OC(=O)CCCN(C)C. The van der Waals surface area contributed by atoms with Gasteiger partial charge in [-0.2, -0.15) is 0 Å². The number of rotatable bonds is 43. The lowest BCUT2D eigenvalue weighted by Gasteiger charge is -2.18. The topological polar surface area (TPSA) is 108 Å². The van der Waals surface area contributed by atoms with E-state index in [2.05, 4.69) is 45.1 Å². The highest BCUT2D eigenvalue weighted by Crippen LogP contribution is 2.20. The quantitative estimate of drug-likeness (QED) is 0.0257. The van der Waals surface area contributed by atoms with E-state index in [0.717, 1.165) is 64.3 Å². The van der Waals surface area contributed by atoms with Gasteiger partial charge in [0.15, 0.2) is 6.10 Å². The number of esters is 4. The molecule has 0 aliphatic rings. The van der Waals surface area contributed by atoms with Gasteiger partial charge in [0.2, 0.25) is 0 Å². The van der Waals surface area contributed by atoms with Crippen LogP contribution in [0.1, 0.15) is 220 Å². The molecule has 0 rings (SSSR count). The molecule has 2 atom stereocenters. The molecule has 0 aromatic rings. The van der Waals surface area contributed by atoms with Crippen LogP contribution in [0, 0.1) is 5.92 Å². The van der Waals surface area contributed by atoms with E-state index in [1.54, 1.807) is 0 Å². The summed E-state index contributed by atoms with van der Waals surface area (Å²) in [6.07, 6.45) is 38.9. The smallest absolute Gasteiger partial charge is 0.306 e. The first-order valence-electron chi connectivity index (χ1n) is 24.3. The highest BCUT2D eigenvalue weighted by molar-refractivity contribution is 5.71. The normalized spacial score (nSPS) is 12.6. The molecule has 9 heteroatoms. The molecule has 0 saturated heterocycles. The number of unbranched alkanes of at least 4 members (excludes halogenated alkanes) is 18. The maximum atomic E-state index is 12.6. The average Bonchev–Trinajstić information content (AvgIpc) is 3.21. The van der Waals surface area contributed by atoms with Crippen LogP contribution in [0.2, 0.25) is 0 Å². The van der Waals surface area contributed by atoms with Crippen molar-refractivity contribution in [3.8, 4) is 0 Å². The zero-order valence-electron chi connectivity index (χ0n) is 38.9.